The molecule has 3 nitrogen and oxygen atoms in total. The minimum absolute atomic E-state index is 0.136. The standard InChI is InChI=1S/C14H21NO2/c1-3-16-14(17-4-2)13-11-6-5-10(9-11)12(13)7-8-15/h5-6,10-14H,3-4,7,9H2,1-2H3. The van der Waals surface area contributed by atoms with E-state index in [0.717, 1.165) is 0 Å². The Balaban J connectivity index is 2.10. The Labute approximate surface area is 103 Å². The summed E-state index contributed by atoms with van der Waals surface area (Å²) in [5.74, 6) is 1.89. The minimum Gasteiger partial charge on any atom is -0.353 e. The molecule has 94 valence electrons. The lowest BCUT2D eigenvalue weighted by molar-refractivity contribution is -0.180. The van der Waals surface area contributed by atoms with Crippen LogP contribution in [-0.4, -0.2) is 19.5 Å². The van der Waals surface area contributed by atoms with Crippen molar-refractivity contribution < 1.29 is 9.47 Å². The van der Waals surface area contributed by atoms with E-state index >= 15 is 0 Å². The molecule has 1 saturated carbocycles. The SMILES string of the molecule is CCOC(OCC)C1C2C=CC(C2)C1CC#N. The molecule has 3 heteroatoms. The zero-order valence-corrected chi connectivity index (χ0v) is 10.6. The van der Waals surface area contributed by atoms with E-state index in [4.69, 9.17) is 14.7 Å². The predicted octanol–water partition coefficient (Wildman–Crippen LogP) is 2.74. The Morgan fingerprint density at radius 1 is 1.24 bits per heavy atom. The van der Waals surface area contributed by atoms with E-state index in [1.807, 2.05) is 13.8 Å². The van der Waals surface area contributed by atoms with E-state index in [0.29, 0.717) is 43.3 Å². The molecule has 0 heterocycles. The second-order valence-corrected chi connectivity index (χ2v) is 4.83. The van der Waals surface area contributed by atoms with E-state index in [1.54, 1.807) is 0 Å². The first-order valence-electron chi connectivity index (χ1n) is 6.60. The highest BCUT2D eigenvalue weighted by Crippen LogP contribution is 2.51. The summed E-state index contributed by atoms with van der Waals surface area (Å²) in [6.45, 7) is 5.33. The molecule has 4 unspecified atom stereocenters. The molecule has 0 aromatic carbocycles. The summed E-state index contributed by atoms with van der Waals surface area (Å²) in [7, 11) is 0. The second kappa shape index (κ2) is 5.66. The monoisotopic (exact) mass is 235 g/mol. The number of nitriles is 1. The van der Waals surface area contributed by atoms with Crippen molar-refractivity contribution in [2.75, 3.05) is 13.2 Å². The first-order valence-corrected chi connectivity index (χ1v) is 6.60. The Bertz CT molecular complexity index is 315. The van der Waals surface area contributed by atoms with Crippen LogP contribution in [0.2, 0.25) is 0 Å². The van der Waals surface area contributed by atoms with Crippen LogP contribution >= 0.6 is 0 Å². The molecule has 0 aliphatic heterocycles. The largest absolute Gasteiger partial charge is 0.353 e. The van der Waals surface area contributed by atoms with Crippen LogP contribution in [0.3, 0.4) is 0 Å². The van der Waals surface area contributed by atoms with Crippen molar-refractivity contribution in [1.82, 2.24) is 0 Å². The lowest BCUT2D eigenvalue weighted by atomic mass is 9.81. The Morgan fingerprint density at radius 3 is 2.47 bits per heavy atom. The van der Waals surface area contributed by atoms with Crippen molar-refractivity contribution in [2.45, 2.75) is 33.0 Å². The fourth-order valence-corrected chi connectivity index (χ4v) is 3.36. The van der Waals surface area contributed by atoms with Crippen LogP contribution in [0.1, 0.15) is 26.7 Å². The lowest BCUT2D eigenvalue weighted by Crippen LogP contribution is -2.35. The molecule has 0 aromatic heterocycles. The van der Waals surface area contributed by atoms with Gasteiger partial charge >= 0.3 is 0 Å². The topological polar surface area (TPSA) is 42.2 Å². The Hall–Kier alpha value is -0.850. The lowest BCUT2D eigenvalue weighted by Gasteiger charge is -2.32. The maximum Gasteiger partial charge on any atom is 0.161 e. The highest BCUT2D eigenvalue weighted by Gasteiger charge is 2.48. The van der Waals surface area contributed by atoms with Crippen molar-refractivity contribution in [2.24, 2.45) is 23.7 Å². The molecule has 0 saturated heterocycles. The summed E-state index contributed by atoms with van der Waals surface area (Å²) in [4.78, 5) is 0. The molecule has 0 spiro atoms. The summed E-state index contributed by atoms with van der Waals surface area (Å²) in [6, 6.07) is 2.32. The number of allylic oxidation sites excluding steroid dienone is 2. The molecule has 2 aliphatic carbocycles. The van der Waals surface area contributed by atoms with E-state index in [-0.39, 0.29) is 6.29 Å². The maximum absolute atomic E-state index is 8.96. The average molecular weight is 235 g/mol. The minimum atomic E-state index is -0.136. The highest BCUT2D eigenvalue weighted by atomic mass is 16.7. The summed E-state index contributed by atoms with van der Waals surface area (Å²) in [5, 5.41) is 8.96. The van der Waals surface area contributed by atoms with Gasteiger partial charge < -0.3 is 9.47 Å². The van der Waals surface area contributed by atoms with Crippen molar-refractivity contribution in [1.29, 1.82) is 5.26 Å². The fraction of sp³-hybridized carbons (Fsp3) is 0.786. The van der Waals surface area contributed by atoms with Gasteiger partial charge in [-0.1, -0.05) is 12.2 Å². The quantitative estimate of drug-likeness (QED) is 0.525. The van der Waals surface area contributed by atoms with E-state index < -0.39 is 0 Å². The van der Waals surface area contributed by atoms with Crippen molar-refractivity contribution in [3.05, 3.63) is 12.2 Å². The number of rotatable bonds is 6. The molecule has 0 N–H and O–H groups in total. The summed E-state index contributed by atoms with van der Waals surface area (Å²) >= 11 is 0. The van der Waals surface area contributed by atoms with Gasteiger partial charge in [0.05, 0.1) is 6.07 Å². The van der Waals surface area contributed by atoms with Crippen molar-refractivity contribution in [3.8, 4) is 6.07 Å². The van der Waals surface area contributed by atoms with Crippen molar-refractivity contribution >= 4 is 0 Å². The van der Waals surface area contributed by atoms with Crippen LogP contribution in [0.5, 0.6) is 0 Å². The summed E-state index contributed by atoms with van der Waals surface area (Å²) < 4.78 is 11.5. The van der Waals surface area contributed by atoms with E-state index in [1.165, 1.54) is 6.42 Å². The third kappa shape index (κ3) is 2.38. The molecule has 2 rings (SSSR count). The molecule has 0 aromatic rings. The number of hydrogen-bond donors (Lipinski definition) is 0. The first kappa shape index (κ1) is 12.6. The number of hydrogen-bond acceptors (Lipinski definition) is 3. The number of nitrogens with zero attached hydrogens (tertiary/aromatic N) is 1. The zero-order chi connectivity index (χ0) is 12.3. The van der Waals surface area contributed by atoms with Gasteiger partial charge in [-0.25, -0.2) is 0 Å². The van der Waals surface area contributed by atoms with Gasteiger partial charge in [0.1, 0.15) is 0 Å². The molecule has 2 bridgehead atoms. The zero-order valence-electron chi connectivity index (χ0n) is 10.6. The van der Waals surface area contributed by atoms with Gasteiger partial charge in [0.25, 0.3) is 0 Å². The van der Waals surface area contributed by atoms with Gasteiger partial charge in [-0.05, 0) is 38.0 Å². The molecule has 1 fully saturated rings. The van der Waals surface area contributed by atoms with E-state index in [9.17, 15) is 0 Å². The summed E-state index contributed by atoms with van der Waals surface area (Å²) in [6.07, 6.45) is 6.22. The average Bonchev–Trinajstić information content (AvgIpc) is 2.90. The Kier molecular flexibility index (Phi) is 4.20. The van der Waals surface area contributed by atoms with Gasteiger partial charge in [0.15, 0.2) is 6.29 Å². The van der Waals surface area contributed by atoms with Crippen LogP contribution < -0.4 is 0 Å². The highest BCUT2D eigenvalue weighted by molar-refractivity contribution is 5.15. The number of fused-ring (bicyclic) bond motifs is 2. The second-order valence-electron chi connectivity index (χ2n) is 4.83. The van der Waals surface area contributed by atoms with Gasteiger partial charge in [-0.15, -0.1) is 0 Å². The van der Waals surface area contributed by atoms with Gasteiger partial charge in [-0.2, -0.15) is 5.26 Å². The fourth-order valence-electron chi connectivity index (χ4n) is 3.36. The predicted molar refractivity (Wildman–Crippen MR) is 65.0 cm³/mol. The normalized spacial score (nSPS) is 34.5. The van der Waals surface area contributed by atoms with Crippen LogP contribution in [-0.2, 0) is 9.47 Å². The van der Waals surface area contributed by atoms with Crippen LogP contribution in [0.4, 0.5) is 0 Å². The Morgan fingerprint density at radius 2 is 1.88 bits per heavy atom. The third-order valence-electron chi connectivity index (χ3n) is 3.99. The molecule has 2 aliphatic rings. The van der Waals surface area contributed by atoms with E-state index in [2.05, 4.69) is 18.2 Å². The molecular weight excluding hydrogens is 214 g/mol. The van der Waals surface area contributed by atoms with Crippen molar-refractivity contribution in [3.63, 3.8) is 0 Å². The third-order valence-corrected chi connectivity index (χ3v) is 3.99. The smallest absolute Gasteiger partial charge is 0.161 e. The molecule has 0 radical (unpaired) electrons. The van der Waals surface area contributed by atoms with Gasteiger partial charge in [0, 0.05) is 25.6 Å². The molecular formula is C14H21NO2. The van der Waals surface area contributed by atoms with Gasteiger partial charge in [-0.3, -0.25) is 0 Å². The van der Waals surface area contributed by atoms with Crippen LogP contribution in [0, 0.1) is 35.0 Å². The van der Waals surface area contributed by atoms with Crippen LogP contribution in [0.25, 0.3) is 0 Å². The maximum atomic E-state index is 8.96. The number of ether oxygens (including phenoxy) is 2. The van der Waals surface area contributed by atoms with Crippen LogP contribution in [0.15, 0.2) is 12.2 Å². The first-order chi connectivity index (χ1) is 8.31. The summed E-state index contributed by atoms with van der Waals surface area (Å²) in [5.41, 5.74) is 0. The molecule has 4 atom stereocenters. The molecule has 0 amide bonds. The molecule has 17 heavy (non-hydrogen) atoms. The van der Waals surface area contributed by atoms with Gasteiger partial charge in [0.2, 0.25) is 0 Å².